The second-order valence-electron chi connectivity index (χ2n) is 7.12. The first-order valence-electron chi connectivity index (χ1n) is 9.03. The standard InChI is InChI=1S/C20H26N2O3/c21-19(24)16-5-7-17(8-6-16)25-14-9-18(23)22-13-4-12-20(15-22)10-2-1-3-11-20/h1-2,5-8H,3-4,9-15H2,(H2,21,24). The third kappa shape index (κ3) is 4.41. The second kappa shape index (κ2) is 7.72. The van der Waals surface area contributed by atoms with E-state index in [0.29, 0.717) is 29.8 Å². The molecule has 1 aromatic rings. The molecule has 2 amide bonds. The highest BCUT2D eigenvalue weighted by Crippen LogP contribution is 2.40. The van der Waals surface area contributed by atoms with Crippen molar-refractivity contribution in [3.63, 3.8) is 0 Å². The Morgan fingerprint density at radius 1 is 1.16 bits per heavy atom. The predicted molar refractivity (Wildman–Crippen MR) is 96.3 cm³/mol. The van der Waals surface area contributed by atoms with Gasteiger partial charge in [0.1, 0.15) is 5.75 Å². The number of rotatable bonds is 5. The van der Waals surface area contributed by atoms with Crippen molar-refractivity contribution in [2.75, 3.05) is 19.7 Å². The molecular formula is C20H26N2O3. The van der Waals surface area contributed by atoms with Crippen molar-refractivity contribution >= 4 is 11.8 Å². The Balaban J connectivity index is 1.47. The number of amides is 2. The summed E-state index contributed by atoms with van der Waals surface area (Å²) in [5.74, 6) is 0.353. The molecule has 1 atom stereocenters. The molecule has 1 unspecified atom stereocenters. The summed E-state index contributed by atoms with van der Waals surface area (Å²) >= 11 is 0. The minimum Gasteiger partial charge on any atom is -0.493 e. The van der Waals surface area contributed by atoms with Crippen molar-refractivity contribution < 1.29 is 14.3 Å². The average Bonchev–Trinajstić information content (AvgIpc) is 2.63. The number of carbonyl (C=O) groups is 2. The minimum atomic E-state index is -0.460. The molecule has 25 heavy (non-hydrogen) atoms. The maximum Gasteiger partial charge on any atom is 0.248 e. The van der Waals surface area contributed by atoms with Crippen LogP contribution in [0.1, 0.15) is 48.9 Å². The van der Waals surface area contributed by atoms with Crippen LogP contribution in [0.2, 0.25) is 0 Å². The number of likely N-dealkylation sites (tertiary alicyclic amines) is 1. The molecule has 1 heterocycles. The number of piperidine rings is 1. The molecular weight excluding hydrogens is 316 g/mol. The summed E-state index contributed by atoms with van der Waals surface area (Å²) in [5, 5.41) is 0. The number of primary amides is 1. The number of hydrogen-bond acceptors (Lipinski definition) is 3. The Kier molecular flexibility index (Phi) is 5.41. The molecule has 1 aliphatic carbocycles. The summed E-state index contributed by atoms with van der Waals surface area (Å²) in [4.78, 5) is 25.6. The summed E-state index contributed by atoms with van der Waals surface area (Å²) in [6.07, 6.45) is 10.6. The van der Waals surface area contributed by atoms with Gasteiger partial charge < -0.3 is 15.4 Å². The predicted octanol–water partition coefficient (Wildman–Crippen LogP) is 2.90. The Morgan fingerprint density at radius 2 is 1.96 bits per heavy atom. The van der Waals surface area contributed by atoms with E-state index in [1.165, 1.54) is 12.8 Å². The van der Waals surface area contributed by atoms with Gasteiger partial charge in [0.25, 0.3) is 0 Å². The fourth-order valence-corrected chi connectivity index (χ4v) is 3.86. The molecule has 1 saturated heterocycles. The Morgan fingerprint density at radius 3 is 2.64 bits per heavy atom. The van der Waals surface area contributed by atoms with E-state index >= 15 is 0 Å². The minimum absolute atomic E-state index is 0.169. The van der Waals surface area contributed by atoms with Gasteiger partial charge in [-0.3, -0.25) is 9.59 Å². The molecule has 0 bridgehead atoms. The van der Waals surface area contributed by atoms with E-state index in [1.54, 1.807) is 24.3 Å². The highest BCUT2D eigenvalue weighted by Gasteiger charge is 2.36. The van der Waals surface area contributed by atoms with Crippen LogP contribution >= 0.6 is 0 Å². The summed E-state index contributed by atoms with van der Waals surface area (Å²) in [6.45, 7) is 2.08. The number of ether oxygens (including phenoxy) is 1. The van der Waals surface area contributed by atoms with Crippen LogP contribution in [0.15, 0.2) is 36.4 Å². The number of carbonyl (C=O) groups excluding carboxylic acids is 2. The SMILES string of the molecule is NC(=O)c1ccc(OCCC(=O)N2CCCC3(CC=CCC3)C2)cc1. The van der Waals surface area contributed by atoms with Crippen molar-refractivity contribution in [3.8, 4) is 5.75 Å². The van der Waals surface area contributed by atoms with Gasteiger partial charge >= 0.3 is 0 Å². The van der Waals surface area contributed by atoms with Crippen LogP contribution in [0, 0.1) is 5.41 Å². The molecule has 2 aliphatic rings. The van der Waals surface area contributed by atoms with Gasteiger partial charge in [0, 0.05) is 18.7 Å². The van der Waals surface area contributed by atoms with E-state index in [9.17, 15) is 9.59 Å². The maximum absolute atomic E-state index is 12.5. The zero-order valence-electron chi connectivity index (χ0n) is 14.6. The summed E-state index contributed by atoms with van der Waals surface area (Å²) in [6, 6.07) is 6.67. The number of nitrogens with two attached hydrogens (primary N) is 1. The molecule has 1 spiro atoms. The molecule has 1 aliphatic heterocycles. The quantitative estimate of drug-likeness (QED) is 0.836. The van der Waals surface area contributed by atoms with Gasteiger partial charge in [-0.2, -0.15) is 0 Å². The summed E-state index contributed by atoms with van der Waals surface area (Å²) in [5.41, 5.74) is 5.96. The lowest BCUT2D eigenvalue weighted by Crippen LogP contribution is -2.46. The van der Waals surface area contributed by atoms with Crippen LogP contribution in [0.4, 0.5) is 0 Å². The fraction of sp³-hybridized carbons (Fsp3) is 0.500. The van der Waals surface area contributed by atoms with Crippen LogP contribution in [-0.4, -0.2) is 36.4 Å². The zero-order valence-corrected chi connectivity index (χ0v) is 14.6. The van der Waals surface area contributed by atoms with E-state index in [0.717, 1.165) is 32.4 Å². The molecule has 0 saturated carbocycles. The van der Waals surface area contributed by atoms with Gasteiger partial charge in [0.2, 0.25) is 11.8 Å². The van der Waals surface area contributed by atoms with E-state index in [-0.39, 0.29) is 5.91 Å². The van der Waals surface area contributed by atoms with E-state index in [1.807, 2.05) is 4.90 Å². The largest absolute Gasteiger partial charge is 0.493 e. The van der Waals surface area contributed by atoms with Crippen molar-refractivity contribution in [1.29, 1.82) is 0 Å². The molecule has 5 nitrogen and oxygen atoms in total. The molecule has 1 aromatic carbocycles. The summed E-state index contributed by atoms with van der Waals surface area (Å²) in [7, 11) is 0. The lowest BCUT2D eigenvalue weighted by Gasteiger charge is -2.44. The number of hydrogen-bond donors (Lipinski definition) is 1. The third-order valence-electron chi connectivity index (χ3n) is 5.30. The van der Waals surface area contributed by atoms with Crippen molar-refractivity contribution in [1.82, 2.24) is 4.90 Å². The molecule has 1 fully saturated rings. The monoisotopic (exact) mass is 342 g/mol. The highest BCUT2D eigenvalue weighted by atomic mass is 16.5. The number of nitrogens with zero attached hydrogens (tertiary/aromatic N) is 1. The van der Waals surface area contributed by atoms with Gasteiger partial charge in [0.15, 0.2) is 0 Å². The maximum atomic E-state index is 12.5. The van der Waals surface area contributed by atoms with Gasteiger partial charge in [-0.15, -0.1) is 0 Å². The van der Waals surface area contributed by atoms with Crippen LogP contribution in [0.25, 0.3) is 0 Å². The third-order valence-corrected chi connectivity index (χ3v) is 5.30. The Bertz CT molecular complexity index is 653. The average molecular weight is 342 g/mol. The molecule has 3 rings (SSSR count). The van der Waals surface area contributed by atoms with Gasteiger partial charge in [-0.1, -0.05) is 12.2 Å². The first kappa shape index (κ1) is 17.5. The molecule has 0 radical (unpaired) electrons. The van der Waals surface area contributed by atoms with Crippen LogP contribution in [-0.2, 0) is 4.79 Å². The Hall–Kier alpha value is -2.30. The van der Waals surface area contributed by atoms with Crippen LogP contribution < -0.4 is 10.5 Å². The van der Waals surface area contributed by atoms with Crippen LogP contribution in [0.3, 0.4) is 0 Å². The highest BCUT2D eigenvalue weighted by molar-refractivity contribution is 5.92. The van der Waals surface area contributed by atoms with Gasteiger partial charge in [0.05, 0.1) is 13.0 Å². The van der Waals surface area contributed by atoms with Gasteiger partial charge in [-0.05, 0) is 61.8 Å². The van der Waals surface area contributed by atoms with Crippen molar-refractivity contribution in [2.24, 2.45) is 11.1 Å². The smallest absolute Gasteiger partial charge is 0.248 e. The van der Waals surface area contributed by atoms with Crippen LogP contribution in [0.5, 0.6) is 5.75 Å². The van der Waals surface area contributed by atoms with Gasteiger partial charge in [-0.25, -0.2) is 0 Å². The van der Waals surface area contributed by atoms with Crippen molar-refractivity contribution in [2.45, 2.75) is 38.5 Å². The number of allylic oxidation sites excluding steroid dienone is 2. The molecule has 134 valence electrons. The lowest BCUT2D eigenvalue weighted by atomic mass is 9.71. The first-order valence-corrected chi connectivity index (χ1v) is 9.03. The zero-order chi connectivity index (χ0) is 17.7. The molecule has 5 heteroatoms. The lowest BCUT2D eigenvalue weighted by molar-refractivity contribution is -0.135. The topological polar surface area (TPSA) is 72.6 Å². The van der Waals surface area contributed by atoms with E-state index in [4.69, 9.17) is 10.5 Å². The summed E-state index contributed by atoms with van der Waals surface area (Å²) < 4.78 is 5.63. The normalized spacial score (nSPS) is 22.8. The molecule has 0 aromatic heterocycles. The molecule has 2 N–H and O–H groups in total. The first-order chi connectivity index (χ1) is 12.1. The number of benzene rings is 1. The Labute approximate surface area is 148 Å². The van der Waals surface area contributed by atoms with E-state index < -0.39 is 5.91 Å². The van der Waals surface area contributed by atoms with E-state index in [2.05, 4.69) is 12.2 Å². The second-order valence-corrected chi connectivity index (χ2v) is 7.12. The van der Waals surface area contributed by atoms with Crippen molar-refractivity contribution in [3.05, 3.63) is 42.0 Å². The fourth-order valence-electron chi connectivity index (χ4n) is 3.86.